The van der Waals surface area contributed by atoms with E-state index in [-0.39, 0.29) is 5.60 Å². The van der Waals surface area contributed by atoms with E-state index in [4.69, 9.17) is 4.74 Å². The molecule has 0 aromatic carbocycles. The summed E-state index contributed by atoms with van der Waals surface area (Å²) in [4.78, 5) is 1.43. The molecule has 1 atom stereocenters. The molecular formula is C15H24BrNOS. The maximum Gasteiger partial charge on any atom is 0.0834 e. The topological polar surface area (TPSA) is 21.3 Å². The van der Waals surface area contributed by atoms with Gasteiger partial charge in [0.15, 0.2) is 0 Å². The summed E-state index contributed by atoms with van der Waals surface area (Å²) in [5, 5.41) is 5.83. The van der Waals surface area contributed by atoms with Crippen LogP contribution < -0.4 is 5.32 Å². The molecule has 0 amide bonds. The molecule has 0 aliphatic heterocycles. The first-order valence-electron chi connectivity index (χ1n) is 7.21. The van der Waals surface area contributed by atoms with Crippen LogP contribution in [0.3, 0.4) is 0 Å². The maximum atomic E-state index is 6.00. The van der Waals surface area contributed by atoms with Crippen molar-refractivity contribution >= 4 is 27.3 Å². The van der Waals surface area contributed by atoms with Gasteiger partial charge in [-0.05, 0) is 47.8 Å². The monoisotopic (exact) mass is 345 g/mol. The molecule has 1 aliphatic rings. The number of halogens is 1. The number of hydrogen-bond acceptors (Lipinski definition) is 3. The van der Waals surface area contributed by atoms with E-state index in [9.17, 15) is 0 Å². The number of hydrogen-bond donors (Lipinski definition) is 1. The Balaban J connectivity index is 2.12. The first kappa shape index (κ1) is 15.5. The first-order valence-corrected chi connectivity index (χ1v) is 8.89. The molecule has 1 heterocycles. The molecule has 1 saturated carbocycles. The highest BCUT2D eigenvalue weighted by atomic mass is 79.9. The number of rotatable bonds is 6. The summed E-state index contributed by atoms with van der Waals surface area (Å²) in [7, 11) is 1.89. The van der Waals surface area contributed by atoms with Gasteiger partial charge in [-0.2, -0.15) is 0 Å². The van der Waals surface area contributed by atoms with Crippen LogP contribution in [0.25, 0.3) is 0 Å². The van der Waals surface area contributed by atoms with Gasteiger partial charge in [-0.15, -0.1) is 11.3 Å². The minimum Gasteiger partial charge on any atom is -0.377 e. The van der Waals surface area contributed by atoms with E-state index in [1.165, 1.54) is 41.5 Å². The second-order valence-electron chi connectivity index (χ2n) is 5.38. The largest absolute Gasteiger partial charge is 0.377 e. The molecule has 1 N–H and O–H groups in total. The smallest absolute Gasteiger partial charge is 0.0834 e. The Morgan fingerprint density at radius 1 is 1.42 bits per heavy atom. The van der Waals surface area contributed by atoms with Gasteiger partial charge in [0.05, 0.1) is 5.60 Å². The molecule has 0 saturated heterocycles. The van der Waals surface area contributed by atoms with Crippen LogP contribution in [0.15, 0.2) is 15.9 Å². The van der Waals surface area contributed by atoms with Gasteiger partial charge in [0.2, 0.25) is 0 Å². The molecule has 0 bridgehead atoms. The van der Waals surface area contributed by atoms with Gasteiger partial charge in [0, 0.05) is 27.9 Å². The van der Waals surface area contributed by atoms with Gasteiger partial charge in [-0.3, -0.25) is 0 Å². The minimum atomic E-state index is 0.0325. The van der Waals surface area contributed by atoms with Crippen LogP contribution in [0.2, 0.25) is 0 Å². The number of methoxy groups -OCH3 is 1. The Bertz CT molecular complexity index is 387. The predicted octanol–water partition coefficient (Wildman–Crippen LogP) is 4.38. The normalized spacial score (nSPS) is 20.4. The number of ether oxygens (including phenoxy) is 1. The second kappa shape index (κ2) is 7.21. The van der Waals surface area contributed by atoms with E-state index >= 15 is 0 Å². The molecule has 1 aliphatic carbocycles. The molecule has 4 heteroatoms. The summed E-state index contributed by atoms with van der Waals surface area (Å²) in [5.74, 6) is 0. The van der Waals surface area contributed by atoms with Crippen LogP contribution in [0, 0.1) is 0 Å². The van der Waals surface area contributed by atoms with Crippen LogP contribution in [0.5, 0.6) is 0 Å². The van der Waals surface area contributed by atoms with Gasteiger partial charge in [-0.25, -0.2) is 0 Å². The quantitative estimate of drug-likeness (QED) is 0.825. The molecular weight excluding hydrogens is 322 g/mol. The molecule has 1 fully saturated rings. The highest BCUT2D eigenvalue weighted by Crippen LogP contribution is 2.36. The third-order valence-electron chi connectivity index (χ3n) is 4.22. The Labute approximate surface area is 129 Å². The van der Waals surface area contributed by atoms with Crippen molar-refractivity contribution in [1.82, 2.24) is 5.32 Å². The van der Waals surface area contributed by atoms with E-state index in [1.54, 1.807) is 0 Å². The van der Waals surface area contributed by atoms with E-state index < -0.39 is 0 Å². The highest BCUT2D eigenvalue weighted by Gasteiger charge is 2.39. The average molecular weight is 346 g/mol. The third-order valence-corrected chi connectivity index (χ3v) is 5.94. The van der Waals surface area contributed by atoms with Crippen LogP contribution in [0.4, 0.5) is 0 Å². The lowest BCUT2D eigenvalue weighted by atomic mass is 9.77. The fourth-order valence-electron chi connectivity index (χ4n) is 3.20. The molecule has 1 unspecified atom stereocenters. The van der Waals surface area contributed by atoms with E-state index in [0.29, 0.717) is 6.04 Å². The molecule has 0 radical (unpaired) electrons. The van der Waals surface area contributed by atoms with Crippen molar-refractivity contribution in [1.29, 1.82) is 0 Å². The molecule has 2 nitrogen and oxygen atoms in total. The number of nitrogens with one attached hydrogen (secondary N) is 1. The Kier molecular flexibility index (Phi) is 5.87. The van der Waals surface area contributed by atoms with Crippen LogP contribution in [-0.2, 0) is 11.2 Å². The van der Waals surface area contributed by atoms with E-state index in [2.05, 4.69) is 39.6 Å². The van der Waals surface area contributed by atoms with Crippen molar-refractivity contribution in [3.8, 4) is 0 Å². The lowest BCUT2D eigenvalue weighted by Gasteiger charge is -2.43. The molecule has 0 spiro atoms. The van der Waals surface area contributed by atoms with Gasteiger partial charge < -0.3 is 10.1 Å². The van der Waals surface area contributed by atoms with Crippen molar-refractivity contribution < 1.29 is 4.74 Å². The lowest BCUT2D eigenvalue weighted by Crippen LogP contribution is -2.54. The van der Waals surface area contributed by atoms with Crippen LogP contribution in [-0.4, -0.2) is 25.3 Å². The van der Waals surface area contributed by atoms with Gasteiger partial charge in [0.25, 0.3) is 0 Å². The van der Waals surface area contributed by atoms with Crippen molar-refractivity contribution in [3.05, 3.63) is 20.8 Å². The molecule has 1 aromatic rings. The third kappa shape index (κ3) is 3.81. The van der Waals surface area contributed by atoms with Crippen molar-refractivity contribution in [3.63, 3.8) is 0 Å². The maximum absolute atomic E-state index is 6.00. The fourth-order valence-corrected chi connectivity index (χ4v) is 4.70. The summed E-state index contributed by atoms with van der Waals surface area (Å²) >= 11 is 5.38. The predicted molar refractivity (Wildman–Crippen MR) is 86.0 cm³/mol. The summed E-state index contributed by atoms with van der Waals surface area (Å²) in [6.07, 6.45) is 7.39. The molecule has 2 rings (SSSR count). The summed E-state index contributed by atoms with van der Waals surface area (Å²) in [6.45, 7) is 3.19. The highest BCUT2D eigenvalue weighted by molar-refractivity contribution is 9.10. The lowest BCUT2D eigenvalue weighted by molar-refractivity contribution is -0.0668. The van der Waals surface area contributed by atoms with E-state index in [0.717, 1.165) is 13.0 Å². The Morgan fingerprint density at radius 3 is 2.68 bits per heavy atom. The fraction of sp³-hybridized carbons (Fsp3) is 0.733. The van der Waals surface area contributed by atoms with Crippen molar-refractivity contribution in [2.24, 2.45) is 0 Å². The van der Waals surface area contributed by atoms with Crippen molar-refractivity contribution in [2.45, 2.75) is 57.1 Å². The van der Waals surface area contributed by atoms with Crippen LogP contribution in [0.1, 0.15) is 43.9 Å². The zero-order valence-corrected chi connectivity index (χ0v) is 14.3. The molecule has 19 heavy (non-hydrogen) atoms. The SMILES string of the molecule is CCNC(Cc1cc(Br)cs1)C1(OC)CCCCC1. The number of thiophene rings is 1. The zero-order chi connectivity index (χ0) is 13.7. The Hall–Kier alpha value is 0.1000. The van der Waals surface area contributed by atoms with E-state index in [1.807, 2.05) is 18.4 Å². The number of likely N-dealkylation sites (N-methyl/N-ethyl adjacent to an activating group) is 1. The van der Waals surface area contributed by atoms with Gasteiger partial charge in [0.1, 0.15) is 0 Å². The summed E-state index contributed by atoms with van der Waals surface area (Å²) < 4.78 is 7.20. The minimum absolute atomic E-state index is 0.0325. The van der Waals surface area contributed by atoms with Crippen molar-refractivity contribution in [2.75, 3.05) is 13.7 Å². The second-order valence-corrected chi connectivity index (χ2v) is 7.29. The van der Waals surface area contributed by atoms with Gasteiger partial charge >= 0.3 is 0 Å². The Morgan fingerprint density at radius 2 is 2.16 bits per heavy atom. The summed E-state index contributed by atoms with van der Waals surface area (Å²) in [5.41, 5.74) is 0.0325. The van der Waals surface area contributed by atoms with Gasteiger partial charge in [-0.1, -0.05) is 26.2 Å². The average Bonchev–Trinajstić information content (AvgIpc) is 2.84. The molecule has 1 aromatic heterocycles. The summed E-state index contributed by atoms with van der Waals surface area (Å²) in [6, 6.07) is 2.66. The van der Waals surface area contributed by atoms with Crippen LogP contribution >= 0.6 is 27.3 Å². The first-order chi connectivity index (χ1) is 9.20. The molecule has 108 valence electrons. The standard InChI is InChI=1S/C15H24BrNOS/c1-3-17-14(10-13-9-12(16)11-19-13)15(18-2)7-5-4-6-8-15/h9,11,14,17H,3-8,10H2,1-2H3. The zero-order valence-electron chi connectivity index (χ0n) is 11.9.